The Morgan fingerprint density at radius 2 is 1.90 bits per heavy atom. The molecule has 0 fully saturated rings. The van der Waals surface area contributed by atoms with Gasteiger partial charge in [0.2, 0.25) is 0 Å². The van der Waals surface area contributed by atoms with E-state index in [4.69, 9.17) is 0 Å². The van der Waals surface area contributed by atoms with Crippen molar-refractivity contribution in [3.8, 4) is 10.4 Å². The summed E-state index contributed by atoms with van der Waals surface area (Å²) in [5, 5.41) is 7.92. The molecule has 4 heteroatoms. The smallest absolute Gasteiger partial charge is 0.0351 e. The summed E-state index contributed by atoms with van der Waals surface area (Å²) in [5.41, 5.74) is 2.76. The van der Waals surface area contributed by atoms with Crippen molar-refractivity contribution in [2.45, 2.75) is 26.9 Å². The molecule has 0 atom stereocenters. The number of aryl methyl sites for hydroxylation is 2. The van der Waals surface area contributed by atoms with Gasteiger partial charge < -0.3 is 5.32 Å². The minimum absolute atomic E-state index is 0.950. The van der Waals surface area contributed by atoms with Gasteiger partial charge in [0, 0.05) is 38.2 Å². The molecule has 1 nitrogen and oxygen atoms in total. The molecule has 0 aliphatic carbocycles. The molecule has 3 rings (SSSR count). The summed E-state index contributed by atoms with van der Waals surface area (Å²) in [5.74, 6) is 0. The van der Waals surface area contributed by atoms with Crippen molar-refractivity contribution >= 4 is 34.0 Å². The number of rotatable bonds is 5. The lowest BCUT2D eigenvalue weighted by molar-refractivity contribution is 0.709. The predicted octanol–water partition coefficient (Wildman–Crippen LogP) is 5.44. The van der Waals surface area contributed by atoms with E-state index in [1.807, 2.05) is 22.7 Å². The Morgan fingerprint density at radius 3 is 2.60 bits per heavy atom. The van der Waals surface area contributed by atoms with E-state index in [2.05, 4.69) is 54.2 Å². The Kier molecular flexibility index (Phi) is 4.36. The summed E-state index contributed by atoms with van der Waals surface area (Å²) in [6.07, 6.45) is 0. The van der Waals surface area contributed by atoms with Crippen LogP contribution in [0.1, 0.15) is 20.2 Å². The second kappa shape index (κ2) is 6.22. The summed E-state index contributed by atoms with van der Waals surface area (Å²) < 4.78 is 0. The molecule has 3 aromatic heterocycles. The fraction of sp³-hybridized carbons (Fsp3) is 0.250. The first-order valence-electron chi connectivity index (χ1n) is 6.60. The highest BCUT2D eigenvalue weighted by Gasteiger charge is 2.04. The first-order valence-corrected chi connectivity index (χ1v) is 9.18. The monoisotopic (exact) mass is 319 g/mol. The third-order valence-electron chi connectivity index (χ3n) is 3.27. The summed E-state index contributed by atoms with van der Waals surface area (Å²) in [4.78, 5) is 5.61. The Balaban J connectivity index is 1.56. The summed E-state index contributed by atoms with van der Waals surface area (Å²) in [7, 11) is 0. The molecule has 0 aliphatic heterocycles. The molecule has 0 saturated carbocycles. The Hall–Kier alpha value is -0.940. The molecule has 1 N–H and O–H groups in total. The number of hydrogen-bond acceptors (Lipinski definition) is 4. The van der Waals surface area contributed by atoms with Gasteiger partial charge in [-0.15, -0.1) is 34.0 Å². The van der Waals surface area contributed by atoms with Gasteiger partial charge in [-0.3, -0.25) is 0 Å². The zero-order valence-corrected chi connectivity index (χ0v) is 14.1. The van der Waals surface area contributed by atoms with E-state index in [1.165, 1.54) is 30.6 Å². The second-order valence-electron chi connectivity index (χ2n) is 4.83. The molecule has 20 heavy (non-hydrogen) atoms. The van der Waals surface area contributed by atoms with Gasteiger partial charge in [0.15, 0.2) is 0 Å². The highest BCUT2D eigenvalue weighted by molar-refractivity contribution is 7.14. The molecule has 0 saturated heterocycles. The Bertz CT molecular complexity index is 657. The van der Waals surface area contributed by atoms with E-state index in [-0.39, 0.29) is 0 Å². The van der Waals surface area contributed by atoms with Crippen LogP contribution in [-0.2, 0) is 13.1 Å². The minimum Gasteiger partial charge on any atom is -0.307 e. The van der Waals surface area contributed by atoms with Gasteiger partial charge in [-0.05, 0) is 48.4 Å². The van der Waals surface area contributed by atoms with E-state index in [9.17, 15) is 0 Å². The van der Waals surface area contributed by atoms with E-state index in [1.54, 1.807) is 11.3 Å². The van der Waals surface area contributed by atoms with Crippen LogP contribution in [0.2, 0.25) is 0 Å². The molecule has 0 aliphatic rings. The van der Waals surface area contributed by atoms with Crippen molar-refractivity contribution in [1.29, 1.82) is 0 Å². The molecule has 0 unspecified atom stereocenters. The van der Waals surface area contributed by atoms with Crippen molar-refractivity contribution in [2.24, 2.45) is 0 Å². The Labute approximate surface area is 131 Å². The average Bonchev–Trinajstić information content (AvgIpc) is 3.12. The Morgan fingerprint density at radius 1 is 1.05 bits per heavy atom. The molecular weight excluding hydrogens is 302 g/mol. The van der Waals surface area contributed by atoms with Gasteiger partial charge in [-0.1, -0.05) is 6.07 Å². The topological polar surface area (TPSA) is 12.0 Å². The van der Waals surface area contributed by atoms with Crippen LogP contribution in [0.3, 0.4) is 0 Å². The molecular formula is C16H17NS3. The standard InChI is InChI=1S/C16H17NS3/c1-11-6-15(20-12(11)2)9-17-8-14-7-13(10-19-14)16-4-3-5-18-16/h3-7,10,17H,8-9H2,1-2H3. The minimum atomic E-state index is 0.950. The van der Waals surface area contributed by atoms with Crippen LogP contribution in [0.25, 0.3) is 10.4 Å². The molecule has 3 heterocycles. The van der Waals surface area contributed by atoms with E-state index in [0.29, 0.717) is 0 Å². The molecule has 0 amide bonds. The molecule has 0 aromatic carbocycles. The fourth-order valence-electron chi connectivity index (χ4n) is 2.09. The van der Waals surface area contributed by atoms with Gasteiger partial charge in [0.25, 0.3) is 0 Å². The van der Waals surface area contributed by atoms with Crippen molar-refractivity contribution in [3.63, 3.8) is 0 Å². The van der Waals surface area contributed by atoms with Crippen molar-refractivity contribution in [2.75, 3.05) is 0 Å². The lowest BCUT2D eigenvalue weighted by Gasteiger charge is -2.00. The van der Waals surface area contributed by atoms with Crippen LogP contribution in [0.15, 0.2) is 35.0 Å². The maximum atomic E-state index is 3.54. The van der Waals surface area contributed by atoms with Crippen LogP contribution in [0, 0.1) is 13.8 Å². The van der Waals surface area contributed by atoms with Crippen LogP contribution in [0.5, 0.6) is 0 Å². The van der Waals surface area contributed by atoms with Gasteiger partial charge in [-0.2, -0.15) is 0 Å². The lowest BCUT2D eigenvalue weighted by Crippen LogP contribution is -2.10. The fourth-order valence-corrected chi connectivity index (χ4v) is 4.76. The van der Waals surface area contributed by atoms with Crippen molar-refractivity contribution in [3.05, 3.63) is 55.2 Å². The zero-order chi connectivity index (χ0) is 13.9. The van der Waals surface area contributed by atoms with Gasteiger partial charge in [0.1, 0.15) is 0 Å². The molecule has 0 radical (unpaired) electrons. The third-order valence-corrected chi connectivity index (χ3v) is 6.28. The first-order chi connectivity index (χ1) is 9.72. The summed E-state index contributed by atoms with van der Waals surface area (Å²) >= 11 is 5.54. The second-order valence-corrected chi connectivity index (χ2v) is 8.12. The molecule has 0 spiro atoms. The van der Waals surface area contributed by atoms with E-state index >= 15 is 0 Å². The predicted molar refractivity (Wildman–Crippen MR) is 92.0 cm³/mol. The molecule has 104 valence electrons. The zero-order valence-electron chi connectivity index (χ0n) is 11.6. The van der Waals surface area contributed by atoms with Crippen molar-refractivity contribution < 1.29 is 0 Å². The SMILES string of the molecule is Cc1cc(CNCc2cc(-c3cccs3)cs2)sc1C. The summed E-state index contributed by atoms with van der Waals surface area (Å²) in [6.45, 7) is 6.29. The van der Waals surface area contributed by atoms with Gasteiger partial charge >= 0.3 is 0 Å². The van der Waals surface area contributed by atoms with Crippen LogP contribution < -0.4 is 5.32 Å². The van der Waals surface area contributed by atoms with E-state index < -0.39 is 0 Å². The van der Waals surface area contributed by atoms with Crippen LogP contribution in [0.4, 0.5) is 0 Å². The quantitative estimate of drug-likeness (QED) is 0.660. The summed E-state index contributed by atoms with van der Waals surface area (Å²) in [6, 6.07) is 8.88. The van der Waals surface area contributed by atoms with Gasteiger partial charge in [0.05, 0.1) is 0 Å². The van der Waals surface area contributed by atoms with Crippen molar-refractivity contribution in [1.82, 2.24) is 5.32 Å². The highest BCUT2D eigenvalue weighted by atomic mass is 32.1. The number of nitrogens with one attached hydrogen (secondary N) is 1. The normalized spacial score (nSPS) is 11.1. The number of hydrogen-bond donors (Lipinski definition) is 1. The lowest BCUT2D eigenvalue weighted by atomic mass is 10.2. The molecule has 0 bridgehead atoms. The maximum absolute atomic E-state index is 3.54. The molecule has 3 aromatic rings. The van der Waals surface area contributed by atoms with Crippen LogP contribution >= 0.6 is 34.0 Å². The van der Waals surface area contributed by atoms with Gasteiger partial charge in [-0.25, -0.2) is 0 Å². The average molecular weight is 320 g/mol. The van der Waals surface area contributed by atoms with Crippen LogP contribution in [-0.4, -0.2) is 0 Å². The maximum Gasteiger partial charge on any atom is 0.0351 e. The first kappa shape index (κ1) is 14.0. The van der Waals surface area contributed by atoms with E-state index in [0.717, 1.165) is 13.1 Å². The largest absolute Gasteiger partial charge is 0.307 e. The highest BCUT2D eigenvalue weighted by Crippen LogP contribution is 2.29. The number of thiophene rings is 3. The third kappa shape index (κ3) is 3.20.